The number of benzene rings is 2. The van der Waals surface area contributed by atoms with Gasteiger partial charge in [-0.25, -0.2) is 0 Å². The van der Waals surface area contributed by atoms with Gasteiger partial charge in [-0.3, -0.25) is 0 Å². The fourth-order valence-corrected chi connectivity index (χ4v) is 2.73. The monoisotopic (exact) mass is 338 g/mol. The van der Waals surface area contributed by atoms with E-state index in [1.807, 2.05) is 18.2 Å². The number of unbranched alkanes of at least 4 members (excludes halogenated alkanes) is 1. The van der Waals surface area contributed by atoms with Gasteiger partial charge in [0.2, 0.25) is 0 Å². The van der Waals surface area contributed by atoms with Crippen molar-refractivity contribution in [2.24, 2.45) is 0 Å². The normalized spacial score (nSPS) is 11.6. The number of ether oxygens (including phenoxy) is 2. The number of hydrogen-bond donors (Lipinski definition) is 1. The molecular weight excluding hydrogens is 312 g/mol. The van der Waals surface area contributed by atoms with Crippen LogP contribution in [0, 0.1) is 18.3 Å². The summed E-state index contributed by atoms with van der Waals surface area (Å²) in [7, 11) is 1.63. The van der Waals surface area contributed by atoms with Crippen molar-refractivity contribution in [1.29, 1.82) is 5.26 Å². The van der Waals surface area contributed by atoms with E-state index >= 15 is 0 Å². The molecule has 0 aromatic heterocycles. The molecule has 0 aliphatic rings. The summed E-state index contributed by atoms with van der Waals surface area (Å²) in [5.41, 5.74) is 3.74. The van der Waals surface area contributed by atoms with Crippen LogP contribution in [0.15, 0.2) is 42.5 Å². The Hall–Kier alpha value is -2.51. The van der Waals surface area contributed by atoms with Gasteiger partial charge in [-0.05, 0) is 49.1 Å². The molecule has 2 rings (SSSR count). The minimum Gasteiger partial charge on any atom is -0.493 e. The van der Waals surface area contributed by atoms with E-state index in [1.54, 1.807) is 7.11 Å². The summed E-state index contributed by atoms with van der Waals surface area (Å²) < 4.78 is 11.1. The first kappa shape index (κ1) is 18.8. The van der Waals surface area contributed by atoms with Crippen molar-refractivity contribution in [2.75, 3.05) is 13.7 Å². The highest BCUT2D eigenvalue weighted by atomic mass is 16.5. The average molecular weight is 338 g/mol. The van der Waals surface area contributed by atoms with Crippen LogP contribution < -0.4 is 14.8 Å². The summed E-state index contributed by atoms with van der Waals surface area (Å²) in [4.78, 5) is 0. The van der Waals surface area contributed by atoms with Gasteiger partial charge in [0.25, 0.3) is 0 Å². The lowest BCUT2D eigenvalue weighted by molar-refractivity contribution is 0.290. The molecule has 0 heterocycles. The summed E-state index contributed by atoms with van der Waals surface area (Å²) in [5.74, 6) is 1.44. The molecule has 4 heteroatoms. The van der Waals surface area contributed by atoms with Gasteiger partial charge in [0.1, 0.15) is 0 Å². The maximum Gasteiger partial charge on any atom is 0.161 e. The van der Waals surface area contributed by atoms with Crippen LogP contribution in [-0.2, 0) is 6.54 Å². The molecule has 25 heavy (non-hydrogen) atoms. The van der Waals surface area contributed by atoms with E-state index < -0.39 is 0 Å². The van der Waals surface area contributed by atoms with E-state index in [-0.39, 0.29) is 6.04 Å². The van der Waals surface area contributed by atoms with E-state index in [4.69, 9.17) is 14.7 Å². The molecule has 132 valence electrons. The SMILES string of the molecule is COc1ccc(CNC(C)c2ccccc2C)cc1OCCCC#N. The molecule has 2 aromatic rings. The molecule has 0 bridgehead atoms. The molecule has 2 aromatic carbocycles. The zero-order valence-electron chi connectivity index (χ0n) is 15.2. The number of methoxy groups -OCH3 is 1. The van der Waals surface area contributed by atoms with E-state index in [9.17, 15) is 0 Å². The fourth-order valence-electron chi connectivity index (χ4n) is 2.73. The number of nitrogens with one attached hydrogen (secondary N) is 1. The largest absolute Gasteiger partial charge is 0.493 e. The quantitative estimate of drug-likeness (QED) is 0.682. The lowest BCUT2D eigenvalue weighted by Gasteiger charge is -2.17. The molecule has 0 amide bonds. The highest BCUT2D eigenvalue weighted by Gasteiger charge is 2.09. The molecule has 0 saturated heterocycles. The van der Waals surface area contributed by atoms with Crippen LogP contribution in [0.1, 0.15) is 42.5 Å². The molecule has 0 radical (unpaired) electrons. The molecule has 1 atom stereocenters. The van der Waals surface area contributed by atoms with Crippen molar-refractivity contribution < 1.29 is 9.47 Å². The van der Waals surface area contributed by atoms with Crippen LogP contribution in [-0.4, -0.2) is 13.7 Å². The molecule has 1 N–H and O–H groups in total. The third-order valence-electron chi connectivity index (χ3n) is 4.19. The molecule has 4 nitrogen and oxygen atoms in total. The fraction of sp³-hybridized carbons (Fsp3) is 0.381. The molecule has 0 aliphatic carbocycles. The van der Waals surface area contributed by atoms with Crippen molar-refractivity contribution in [2.45, 2.75) is 39.3 Å². The predicted octanol–water partition coefficient (Wildman–Crippen LogP) is 4.54. The van der Waals surface area contributed by atoms with Crippen molar-refractivity contribution in [1.82, 2.24) is 5.32 Å². The maximum atomic E-state index is 8.61. The van der Waals surface area contributed by atoms with E-state index in [0.717, 1.165) is 17.9 Å². The second-order valence-electron chi connectivity index (χ2n) is 6.05. The standard InChI is InChI=1S/C21H26N2O2/c1-16-8-4-5-9-19(16)17(2)23-15-18-10-11-20(24-3)21(14-18)25-13-7-6-12-22/h4-5,8-11,14,17,23H,6-7,13,15H2,1-3H3. The Morgan fingerprint density at radius 3 is 2.68 bits per heavy atom. The highest BCUT2D eigenvalue weighted by Crippen LogP contribution is 2.28. The Labute approximate surface area is 150 Å². The van der Waals surface area contributed by atoms with Crippen LogP contribution >= 0.6 is 0 Å². The van der Waals surface area contributed by atoms with Crippen molar-refractivity contribution in [3.8, 4) is 17.6 Å². The van der Waals surface area contributed by atoms with Crippen molar-refractivity contribution >= 4 is 0 Å². The molecule has 0 saturated carbocycles. The summed E-state index contributed by atoms with van der Waals surface area (Å²) in [6.45, 7) is 5.56. The molecule has 1 unspecified atom stereocenters. The van der Waals surface area contributed by atoms with E-state index in [1.165, 1.54) is 11.1 Å². The van der Waals surface area contributed by atoms with Crippen LogP contribution in [0.5, 0.6) is 11.5 Å². The number of nitriles is 1. The number of nitrogens with zero attached hydrogens (tertiary/aromatic N) is 1. The second-order valence-corrected chi connectivity index (χ2v) is 6.05. The first-order valence-electron chi connectivity index (χ1n) is 8.61. The Morgan fingerprint density at radius 1 is 1.16 bits per heavy atom. The summed E-state index contributed by atoms with van der Waals surface area (Å²) >= 11 is 0. The first-order valence-corrected chi connectivity index (χ1v) is 8.61. The van der Waals surface area contributed by atoms with E-state index in [0.29, 0.717) is 25.2 Å². The topological polar surface area (TPSA) is 54.3 Å². The Bertz CT molecular complexity index is 722. The Morgan fingerprint density at radius 2 is 1.96 bits per heavy atom. The van der Waals surface area contributed by atoms with Crippen molar-refractivity contribution in [3.63, 3.8) is 0 Å². The van der Waals surface area contributed by atoms with Gasteiger partial charge in [-0.2, -0.15) is 5.26 Å². The van der Waals surface area contributed by atoms with Crippen LogP contribution in [0.25, 0.3) is 0 Å². The van der Waals surface area contributed by atoms with Gasteiger partial charge >= 0.3 is 0 Å². The minimum atomic E-state index is 0.267. The molecule has 0 aliphatic heterocycles. The minimum absolute atomic E-state index is 0.267. The average Bonchev–Trinajstić information content (AvgIpc) is 2.64. The number of rotatable bonds is 9. The van der Waals surface area contributed by atoms with Gasteiger partial charge in [0.15, 0.2) is 11.5 Å². The maximum absolute atomic E-state index is 8.61. The van der Waals surface area contributed by atoms with Crippen LogP contribution in [0.2, 0.25) is 0 Å². The lowest BCUT2D eigenvalue weighted by atomic mass is 10.0. The predicted molar refractivity (Wildman–Crippen MR) is 99.8 cm³/mol. The lowest BCUT2D eigenvalue weighted by Crippen LogP contribution is -2.19. The molecule has 0 spiro atoms. The highest BCUT2D eigenvalue weighted by molar-refractivity contribution is 5.43. The van der Waals surface area contributed by atoms with Gasteiger partial charge in [0.05, 0.1) is 19.8 Å². The Kier molecular flexibility index (Phi) is 7.31. The van der Waals surface area contributed by atoms with Crippen molar-refractivity contribution in [3.05, 3.63) is 59.2 Å². The zero-order chi connectivity index (χ0) is 18.1. The van der Waals surface area contributed by atoms with Gasteiger partial charge in [0, 0.05) is 19.0 Å². The third-order valence-corrected chi connectivity index (χ3v) is 4.19. The van der Waals surface area contributed by atoms with Gasteiger partial charge in [-0.15, -0.1) is 0 Å². The van der Waals surface area contributed by atoms with Crippen LogP contribution in [0.4, 0.5) is 0 Å². The summed E-state index contributed by atoms with van der Waals surface area (Å²) in [5, 5.41) is 12.2. The van der Waals surface area contributed by atoms with Gasteiger partial charge in [-0.1, -0.05) is 30.3 Å². The summed E-state index contributed by atoms with van der Waals surface area (Å²) in [6, 6.07) is 16.8. The van der Waals surface area contributed by atoms with E-state index in [2.05, 4.69) is 49.5 Å². The number of aryl methyl sites for hydroxylation is 1. The van der Waals surface area contributed by atoms with Gasteiger partial charge < -0.3 is 14.8 Å². The molecule has 0 fully saturated rings. The smallest absolute Gasteiger partial charge is 0.161 e. The van der Waals surface area contributed by atoms with Crippen LogP contribution in [0.3, 0.4) is 0 Å². The third kappa shape index (κ3) is 5.51. The summed E-state index contributed by atoms with van der Waals surface area (Å²) in [6.07, 6.45) is 1.21. The molecular formula is C21H26N2O2. The Balaban J connectivity index is 1.99. The zero-order valence-corrected chi connectivity index (χ0v) is 15.2. The first-order chi connectivity index (χ1) is 12.2. The number of hydrogen-bond acceptors (Lipinski definition) is 4. The second kappa shape index (κ2) is 9.71.